The zero-order chi connectivity index (χ0) is 17.1. The molecule has 0 aliphatic carbocycles. The Balaban J connectivity index is 1.70. The molecular formula is C18H15Cl2N3O. The van der Waals surface area contributed by atoms with Crippen molar-refractivity contribution < 1.29 is 4.79 Å². The number of fused-ring (bicyclic) bond motifs is 1. The molecule has 0 aliphatic heterocycles. The van der Waals surface area contributed by atoms with Gasteiger partial charge >= 0.3 is 0 Å². The van der Waals surface area contributed by atoms with Crippen molar-refractivity contribution in [3.8, 4) is 0 Å². The van der Waals surface area contributed by atoms with Gasteiger partial charge < -0.3 is 4.57 Å². The fraction of sp³-hybridized carbons (Fsp3) is 0.111. The predicted octanol–water partition coefficient (Wildman–Crippen LogP) is 4.49. The van der Waals surface area contributed by atoms with Gasteiger partial charge in [-0.25, -0.2) is 5.43 Å². The maximum absolute atomic E-state index is 12.1. The van der Waals surface area contributed by atoms with Crippen LogP contribution in [0.5, 0.6) is 0 Å². The molecule has 0 radical (unpaired) electrons. The average Bonchev–Trinajstić information content (AvgIpc) is 2.96. The Morgan fingerprint density at radius 3 is 2.75 bits per heavy atom. The smallest absolute Gasteiger partial charge is 0.259 e. The summed E-state index contributed by atoms with van der Waals surface area (Å²) in [7, 11) is 0. The maximum Gasteiger partial charge on any atom is 0.259 e. The second kappa shape index (κ2) is 7.07. The molecule has 1 heterocycles. The number of hydrogen-bond acceptors (Lipinski definition) is 2. The predicted molar refractivity (Wildman–Crippen MR) is 98.8 cm³/mol. The normalized spacial score (nSPS) is 11.7. The van der Waals surface area contributed by atoms with Gasteiger partial charge in [0.2, 0.25) is 0 Å². The van der Waals surface area contributed by atoms with Crippen molar-refractivity contribution in [2.75, 3.05) is 0 Å². The van der Waals surface area contributed by atoms with E-state index in [1.807, 2.05) is 41.1 Å². The third-order valence-electron chi connectivity index (χ3n) is 3.66. The van der Waals surface area contributed by atoms with E-state index in [-0.39, 0.29) is 12.5 Å². The number of amides is 1. The Labute approximate surface area is 149 Å². The first-order valence-electron chi connectivity index (χ1n) is 7.37. The number of para-hydroxylation sites is 1. The Morgan fingerprint density at radius 2 is 1.96 bits per heavy atom. The topological polar surface area (TPSA) is 46.4 Å². The maximum atomic E-state index is 12.1. The summed E-state index contributed by atoms with van der Waals surface area (Å²) in [5.41, 5.74) is 4.91. The SMILES string of the molecule is C/C(=N/NC(=O)Cn1ccc2ccccc21)c1ccc(Cl)cc1Cl. The minimum atomic E-state index is -0.208. The molecule has 0 saturated carbocycles. The number of hydrazone groups is 1. The first-order valence-corrected chi connectivity index (χ1v) is 8.12. The molecule has 24 heavy (non-hydrogen) atoms. The van der Waals surface area contributed by atoms with Gasteiger partial charge in [-0.2, -0.15) is 5.10 Å². The fourth-order valence-corrected chi connectivity index (χ4v) is 3.00. The minimum Gasteiger partial charge on any atom is -0.338 e. The highest BCUT2D eigenvalue weighted by atomic mass is 35.5. The molecule has 1 amide bonds. The second-order valence-electron chi connectivity index (χ2n) is 5.36. The number of nitrogens with one attached hydrogen (secondary N) is 1. The van der Waals surface area contributed by atoms with E-state index in [2.05, 4.69) is 10.5 Å². The first-order chi connectivity index (χ1) is 11.5. The summed E-state index contributed by atoms with van der Waals surface area (Å²) < 4.78 is 1.88. The van der Waals surface area contributed by atoms with Crippen LogP contribution in [0, 0.1) is 0 Å². The molecule has 3 rings (SSSR count). The number of benzene rings is 2. The van der Waals surface area contributed by atoms with Gasteiger partial charge in [0.15, 0.2) is 0 Å². The number of aromatic nitrogens is 1. The van der Waals surface area contributed by atoms with Crippen molar-refractivity contribution in [1.82, 2.24) is 9.99 Å². The van der Waals surface area contributed by atoms with Gasteiger partial charge in [-0.15, -0.1) is 0 Å². The van der Waals surface area contributed by atoms with Gasteiger partial charge in [-0.05, 0) is 36.6 Å². The number of carbonyl (C=O) groups is 1. The molecule has 1 N–H and O–H groups in total. The zero-order valence-corrected chi connectivity index (χ0v) is 14.5. The fourth-order valence-electron chi connectivity index (χ4n) is 2.46. The lowest BCUT2D eigenvalue weighted by molar-refractivity contribution is -0.121. The van der Waals surface area contributed by atoms with Crippen LogP contribution in [0.3, 0.4) is 0 Å². The van der Waals surface area contributed by atoms with Crippen molar-refractivity contribution in [2.24, 2.45) is 5.10 Å². The molecule has 0 saturated heterocycles. The van der Waals surface area contributed by atoms with E-state index >= 15 is 0 Å². The van der Waals surface area contributed by atoms with Gasteiger partial charge in [-0.1, -0.05) is 47.5 Å². The van der Waals surface area contributed by atoms with Crippen LogP contribution in [0.1, 0.15) is 12.5 Å². The summed E-state index contributed by atoms with van der Waals surface area (Å²) in [5.74, 6) is -0.208. The number of halogens is 2. The van der Waals surface area contributed by atoms with Crippen molar-refractivity contribution in [2.45, 2.75) is 13.5 Å². The van der Waals surface area contributed by atoms with E-state index < -0.39 is 0 Å². The highest BCUT2D eigenvalue weighted by Crippen LogP contribution is 2.21. The summed E-state index contributed by atoms with van der Waals surface area (Å²) in [4.78, 5) is 12.1. The van der Waals surface area contributed by atoms with Crippen LogP contribution < -0.4 is 5.43 Å². The summed E-state index contributed by atoms with van der Waals surface area (Å²) in [6.45, 7) is 1.97. The zero-order valence-electron chi connectivity index (χ0n) is 13.0. The van der Waals surface area contributed by atoms with Crippen LogP contribution in [0.4, 0.5) is 0 Å². The van der Waals surface area contributed by atoms with Gasteiger partial charge in [0.05, 0.1) is 10.7 Å². The van der Waals surface area contributed by atoms with Gasteiger partial charge in [0, 0.05) is 22.3 Å². The van der Waals surface area contributed by atoms with E-state index in [1.165, 1.54) is 0 Å². The molecule has 0 atom stereocenters. The lowest BCUT2D eigenvalue weighted by Gasteiger charge is -2.07. The number of rotatable bonds is 4. The lowest BCUT2D eigenvalue weighted by atomic mass is 10.1. The molecule has 122 valence electrons. The van der Waals surface area contributed by atoms with Crippen LogP contribution in [0.2, 0.25) is 10.0 Å². The molecule has 0 spiro atoms. The summed E-state index contributed by atoms with van der Waals surface area (Å²) in [6, 6.07) is 15.0. The molecule has 0 fully saturated rings. The molecule has 0 aliphatic rings. The highest BCUT2D eigenvalue weighted by molar-refractivity contribution is 6.37. The summed E-state index contributed by atoms with van der Waals surface area (Å²) in [5, 5.41) is 6.27. The highest BCUT2D eigenvalue weighted by Gasteiger charge is 2.07. The minimum absolute atomic E-state index is 0.193. The van der Waals surface area contributed by atoms with Crippen molar-refractivity contribution in [1.29, 1.82) is 0 Å². The summed E-state index contributed by atoms with van der Waals surface area (Å²) >= 11 is 12.0. The summed E-state index contributed by atoms with van der Waals surface area (Å²) in [6.07, 6.45) is 1.89. The molecule has 3 aromatic rings. The van der Waals surface area contributed by atoms with E-state index in [0.29, 0.717) is 15.8 Å². The van der Waals surface area contributed by atoms with E-state index in [0.717, 1.165) is 16.5 Å². The molecule has 0 unspecified atom stereocenters. The van der Waals surface area contributed by atoms with Crippen LogP contribution in [-0.4, -0.2) is 16.2 Å². The number of carbonyl (C=O) groups excluding carboxylic acids is 1. The quantitative estimate of drug-likeness (QED) is 0.541. The third kappa shape index (κ3) is 3.61. The monoisotopic (exact) mass is 359 g/mol. The van der Waals surface area contributed by atoms with Gasteiger partial charge in [0.1, 0.15) is 6.54 Å². The van der Waals surface area contributed by atoms with Crippen LogP contribution >= 0.6 is 23.2 Å². The van der Waals surface area contributed by atoms with Gasteiger partial charge in [-0.3, -0.25) is 4.79 Å². The molecule has 1 aromatic heterocycles. The van der Waals surface area contributed by atoms with Crippen LogP contribution in [-0.2, 0) is 11.3 Å². The van der Waals surface area contributed by atoms with E-state index in [1.54, 1.807) is 25.1 Å². The van der Waals surface area contributed by atoms with Crippen molar-refractivity contribution in [3.05, 3.63) is 70.3 Å². The van der Waals surface area contributed by atoms with Crippen molar-refractivity contribution in [3.63, 3.8) is 0 Å². The molecule has 2 aromatic carbocycles. The first kappa shape index (κ1) is 16.6. The second-order valence-corrected chi connectivity index (χ2v) is 6.20. The third-order valence-corrected chi connectivity index (χ3v) is 4.21. The van der Waals surface area contributed by atoms with E-state index in [9.17, 15) is 4.79 Å². The largest absolute Gasteiger partial charge is 0.338 e. The van der Waals surface area contributed by atoms with E-state index in [4.69, 9.17) is 23.2 Å². The Kier molecular flexibility index (Phi) is 4.88. The molecule has 6 heteroatoms. The average molecular weight is 360 g/mol. The lowest BCUT2D eigenvalue weighted by Crippen LogP contribution is -2.24. The van der Waals surface area contributed by atoms with Gasteiger partial charge in [0.25, 0.3) is 5.91 Å². The molecule has 4 nitrogen and oxygen atoms in total. The molecule has 0 bridgehead atoms. The number of hydrogen-bond donors (Lipinski definition) is 1. The standard InChI is InChI=1S/C18H15Cl2N3O/c1-12(15-7-6-14(19)10-16(15)20)21-22-18(24)11-23-9-8-13-4-2-3-5-17(13)23/h2-10H,11H2,1H3,(H,22,24)/b21-12-. The van der Waals surface area contributed by atoms with Crippen molar-refractivity contribution >= 4 is 45.7 Å². The Morgan fingerprint density at radius 1 is 1.17 bits per heavy atom. The number of nitrogens with zero attached hydrogens (tertiary/aromatic N) is 2. The molecular weight excluding hydrogens is 345 g/mol. The Hall–Kier alpha value is -2.30. The Bertz CT molecular complexity index is 931. The van der Waals surface area contributed by atoms with Crippen LogP contribution in [0.25, 0.3) is 10.9 Å². The van der Waals surface area contributed by atoms with Crippen LogP contribution in [0.15, 0.2) is 59.8 Å².